The van der Waals surface area contributed by atoms with Gasteiger partial charge in [-0.25, -0.2) is 9.37 Å². The van der Waals surface area contributed by atoms with Crippen molar-refractivity contribution in [3.05, 3.63) is 54.5 Å². The van der Waals surface area contributed by atoms with Crippen molar-refractivity contribution in [3.8, 4) is 0 Å². The maximum atomic E-state index is 13.4. The molecule has 0 spiro atoms. The number of hydrogen-bond donors (Lipinski definition) is 2. The molecule has 7 heteroatoms. The smallest absolute Gasteiger partial charge is 0.220 e. The first-order valence-electron chi connectivity index (χ1n) is 8.92. The van der Waals surface area contributed by atoms with Crippen molar-refractivity contribution in [2.45, 2.75) is 12.8 Å². The maximum Gasteiger partial charge on any atom is 0.220 e. The average Bonchev–Trinajstić information content (AvgIpc) is 2.68. The van der Waals surface area contributed by atoms with Crippen molar-refractivity contribution < 1.29 is 9.18 Å². The first-order chi connectivity index (χ1) is 13.1. The Hall–Kier alpha value is -3.22. The quantitative estimate of drug-likeness (QED) is 0.742. The van der Waals surface area contributed by atoms with Crippen LogP contribution >= 0.6 is 0 Å². The largest absolute Gasteiger partial charge is 0.371 e. The summed E-state index contributed by atoms with van der Waals surface area (Å²) in [6.07, 6.45) is 3.18. The summed E-state index contributed by atoms with van der Waals surface area (Å²) < 4.78 is 13.4. The molecule has 4 rings (SSSR count). The highest BCUT2D eigenvalue weighted by Gasteiger charge is 2.23. The van der Waals surface area contributed by atoms with Gasteiger partial charge in [-0.15, -0.1) is 0 Å². The van der Waals surface area contributed by atoms with Crippen molar-refractivity contribution in [2.75, 3.05) is 23.3 Å². The second kappa shape index (κ2) is 7.19. The number of halogens is 1. The molecular weight excluding hydrogens is 345 g/mol. The Morgan fingerprint density at radius 3 is 2.74 bits per heavy atom. The summed E-state index contributed by atoms with van der Waals surface area (Å²) >= 11 is 0. The molecule has 1 aliphatic heterocycles. The Morgan fingerprint density at radius 1 is 1.15 bits per heavy atom. The summed E-state index contributed by atoms with van der Waals surface area (Å²) in [5.74, 6) is -0.0276. The molecule has 0 bridgehead atoms. The van der Waals surface area contributed by atoms with Crippen LogP contribution in [-0.2, 0) is 4.79 Å². The van der Waals surface area contributed by atoms with E-state index >= 15 is 0 Å². The molecule has 0 saturated carbocycles. The lowest BCUT2D eigenvalue weighted by atomic mass is 9.96. The lowest BCUT2D eigenvalue weighted by Gasteiger charge is -2.32. The zero-order valence-electron chi connectivity index (χ0n) is 14.7. The highest BCUT2D eigenvalue weighted by atomic mass is 19.1. The third kappa shape index (κ3) is 3.81. The number of piperidine rings is 1. The topological polar surface area (TPSA) is 84.1 Å². The van der Waals surface area contributed by atoms with Crippen LogP contribution in [0.3, 0.4) is 0 Å². The van der Waals surface area contributed by atoms with Gasteiger partial charge in [-0.2, -0.15) is 0 Å². The van der Waals surface area contributed by atoms with Crippen LogP contribution in [-0.4, -0.2) is 29.0 Å². The maximum absolute atomic E-state index is 13.4. The molecule has 1 aromatic heterocycles. The van der Waals surface area contributed by atoms with Gasteiger partial charge in [0.2, 0.25) is 5.91 Å². The second-order valence-corrected chi connectivity index (χ2v) is 6.73. The van der Waals surface area contributed by atoms with Crippen LogP contribution in [0.1, 0.15) is 12.8 Å². The predicted molar refractivity (Wildman–Crippen MR) is 103 cm³/mol. The standard InChI is InChI=1S/C20H20FN5O/c21-14-4-5-17-18(10-14)25-19(12-23-17)24-15-2-1-3-16(11-15)26-8-6-13(7-9-26)20(22)27/h1-5,10-13H,6-9H2,(H2,22,27)(H,24,25). The van der Waals surface area contributed by atoms with Gasteiger partial charge < -0.3 is 16.0 Å². The number of fused-ring (bicyclic) bond motifs is 1. The highest BCUT2D eigenvalue weighted by Crippen LogP contribution is 2.26. The van der Waals surface area contributed by atoms with Gasteiger partial charge in [0.1, 0.15) is 11.6 Å². The highest BCUT2D eigenvalue weighted by molar-refractivity contribution is 5.77. The SMILES string of the molecule is NC(=O)C1CCN(c2cccc(Nc3cnc4ccc(F)cc4n3)c2)CC1. The minimum atomic E-state index is -0.338. The van der Waals surface area contributed by atoms with E-state index in [1.165, 1.54) is 12.1 Å². The van der Waals surface area contributed by atoms with E-state index in [1.54, 1.807) is 12.3 Å². The molecule has 0 atom stereocenters. The molecular formula is C20H20FN5O. The Bertz CT molecular complexity index is 985. The Kier molecular flexibility index (Phi) is 4.58. The second-order valence-electron chi connectivity index (χ2n) is 6.73. The van der Waals surface area contributed by atoms with Crippen LogP contribution in [0.4, 0.5) is 21.6 Å². The number of carbonyl (C=O) groups is 1. The van der Waals surface area contributed by atoms with E-state index in [2.05, 4.69) is 20.2 Å². The van der Waals surface area contributed by atoms with Crippen LogP contribution in [0.25, 0.3) is 11.0 Å². The molecule has 1 saturated heterocycles. The summed E-state index contributed by atoms with van der Waals surface area (Å²) in [7, 11) is 0. The normalized spacial score (nSPS) is 15.1. The minimum absolute atomic E-state index is 0.0316. The number of benzene rings is 2. The number of primary amides is 1. The molecule has 0 aliphatic carbocycles. The monoisotopic (exact) mass is 365 g/mol. The number of aromatic nitrogens is 2. The number of carbonyl (C=O) groups excluding carboxylic acids is 1. The van der Waals surface area contributed by atoms with Gasteiger partial charge in [0.05, 0.1) is 17.2 Å². The Balaban J connectivity index is 1.50. The molecule has 0 radical (unpaired) electrons. The molecule has 2 heterocycles. The third-order valence-corrected chi connectivity index (χ3v) is 4.89. The Morgan fingerprint density at radius 2 is 1.96 bits per heavy atom. The number of rotatable bonds is 4. The fraction of sp³-hybridized carbons (Fsp3) is 0.250. The molecule has 1 fully saturated rings. The summed E-state index contributed by atoms with van der Waals surface area (Å²) in [5.41, 5.74) is 8.50. The molecule has 6 nitrogen and oxygen atoms in total. The van der Waals surface area contributed by atoms with Crippen LogP contribution < -0.4 is 16.0 Å². The fourth-order valence-corrected chi connectivity index (χ4v) is 3.40. The van der Waals surface area contributed by atoms with E-state index < -0.39 is 0 Å². The van der Waals surface area contributed by atoms with Gasteiger partial charge >= 0.3 is 0 Å². The summed E-state index contributed by atoms with van der Waals surface area (Å²) in [5, 5.41) is 3.23. The van der Waals surface area contributed by atoms with E-state index in [1.807, 2.05) is 24.3 Å². The van der Waals surface area contributed by atoms with E-state index in [9.17, 15) is 9.18 Å². The Labute approximate surface area is 156 Å². The van der Waals surface area contributed by atoms with Gasteiger partial charge in [0.25, 0.3) is 0 Å². The van der Waals surface area contributed by atoms with Crippen LogP contribution in [0.5, 0.6) is 0 Å². The van der Waals surface area contributed by atoms with Gasteiger partial charge in [-0.1, -0.05) is 6.07 Å². The van der Waals surface area contributed by atoms with E-state index in [0.717, 1.165) is 37.3 Å². The first-order valence-corrected chi connectivity index (χ1v) is 8.92. The molecule has 138 valence electrons. The van der Waals surface area contributed by atoms with E-state index in [-0.39, 0.29) is 17.6 Å². The van der Waals surface area contributed by atoms with Gasteiger partial charge in [-0.3, -0.25) is 9.78 Å². The molecule has 27 heavy (non-hydrogen) atoms. The van der Waals surface area contributed by atoms with Crippen molar-refractivity contribution in [3.63, 3.8) is 0 Å². The van der Waals surface area contributed by atoms with Gasteiger partial charge in [0.15, 0.2) is 0 Å². The first kappa shape index (κ1) is 17.2. The number of hydrogen-bond acceptors (Lipinski definition) is 5. The summed E-state index contributed by atoms with van der Waals surface area (Å²) in [4.78, 5) is 22.3. The number of amides is 1. The lowest BCUT2D eigenvalue weighted by molar-refractivity contribution is -0.122. The number of anilines is 3. The molecule has 3 N–H and O–H groups in total. The lowest BCUT2D eigenvalue weighted by Crippen LogP contribution is -2.38. The van der Waals surface area contributed by atoms with Gasteiger partial charge in [0, 0.05) is 36.4 Å². The number of nitrogens with zero attached hydrogens (tertiary/aromatic N) is 3. The predicted octanol–water partition coefficient (Wildman–Crippen LogP) is 3.21. The van der Waals surface area contributed by atoms with Crippen molar-refractivity contribution >= 4 is 34.1 Å². The van der Waals surface area contributed by atoms with E-state index in [4.69, 9.17) is 5.73 Å². The zero-order chi connectivity index (χ0) is 18.8. The van der Waals surface area contributed by atoms with Crippen molar-refractivity contribution in [1.82, 2.24) is 9.97 Å². The molecule has 1 amide bonds. The van der Waals surface area contributed by atoms with E-state index in [0.29, 0.717) is 16.9 Å². The fourth-order valence-electron chi connectivity index (χ4n) is 3.40. The summed E-state index contributed by atoms with van der Waals surface area (Å²) in [6.45, 7) is 1.60. The van der Waals surface area contributed by atoms with Crippen molar-refractivity contribution in [2.24, 2.45) is 11.7 Å². The van der Waals surface area contributed by atoms with Gasteiger partial charge in [-0.05, 0) is 43.2 Å². The van der Waals surface area contributed by atoms with Crippen LogP contribution in [0, 0.1) is 11.7 Å². The minimum Gasteiger partial charge on any atom is -0.371 e. The number of nitrogens with one attached hydrogen (secondary N) is 1. The molecule has 3 aromatic rings. The van der Waals surface area contributed by atoms with Crippen molar-refractivity contribution in [1.29, 1.82) is 0 Å². The summed E-state index contributed by atoms with van der Waals surface area (Å²) in [6, 6.07) is 12.3. The molecule has 1 aliphatic rings. The molecule has 0 unspecified atom stereocenters. The third-order valence-electron chi connectivity index (χ3n) is 4.89. The number of nitrogens with two attached hydrogens (primary N) is 1. The average molecular weight is 365 g/mol. The van der Waals surface area contributed by atoms with Crippen LogP contribution in [0.2, 0.25) is 0 Å². The van der Waals surface area contributed by atoms with Crippen LogP contribution in [0.15, 0.2) is 48.7 Å². The molecule has 2 aromatic carbocycles. The zero-order valence-corrected chi connectivity index (χ0v) is 14.7.